The summed E-state index contributed by atoms with van der Waals surface area (Å²) in [5.74, 6) is -0.363. The lowest BCUT2D eigenvalue weighted by atomic mass is 10.0. The predicted molar refractivity (Wildman–Crippen MR) is 128 cm³/mol. The third-order valence-electron chi connectivity index (χ3n) is 5.91. The highest BCUT2D eigenvalue weighted by atomic mass is 16.5. The van der Waals surface area contributed by atoms with Crippen molar-refractivity contribution in [2.45, 2.75) is 32.9 Å². The number of carbonyl (C=O) groups is 3. The molecule has 9 heteroatoms. The largest absolute Gasteiger partial charge is 0.491 e. The number of fused-ring (bicyclic) bond motifs is 1. The fourth-order valence-corrected chi connectivity index (χ4v) is 3.98. The molecule has 2 heterocycles. The zero-order valence-corrected chi connectivity index (χ0v) is 20.3. The molecule has 3 atom stereocenters. The second kappa shape index (κ2) is 11.1. The molecule has 1 aromatic carbocycles. The zero-order chi connectivity index (χ0) is 24.8. The van der Waals surface area contributed by atoms with Crippen molar-refractivity contribution in [3.8, 4) is 5.75 Å². The van der Waals surface area contributed by atoms with Crippen molar-refractivity contribution in [3.63, 3.8) is 0 Å². The Bertz CT molecular complexity index is 1030. The SMILES string of the molecule is CO[C@H]1CN(C)C(=O)c2cc(NC(C)=O)ccc2OC[C@H](C)N(C(=O)c2ccccn2)C[C@H]1C. The smallest absolute Gasteiger partial charge is 0.272 e. The van der Waals surface area contributed by atoms with E-state index in [0.717, 1.165) is 0 Å². The lowest BCUT2D eigenvalue weighted by Gasteiger charge is -2.36. The number of pyridine rings is 1. The molecule has 0 saturated heterocycles. The van der Waals surface area contributed by atoms with Gasteiger partial charge in [0.1, 0.15) is 18.1 Å². The van der Waals surface area contributed by atoms with Crippen LogP contribution in [0.2, 0.25) is 0 Å². The number of benzene rings is 1. The summed E-state index contributed by atoms with van der Waals surface area (Å²) in [6.07, 6.45) is 1.29. The molecule has 0 aliphatic carbocycles. The van der Waals surface area contributed by atoms with E-state index in [9.17, 15) is 14.4 Å². The maximum atomic E-state index is 13.3. The van der Waals surface area contributed by atoms with Crippen LogP contribution in [-0.2, 0) is 9.53 Å². The first-order valence-corrected chi connectivity index (χ1v) is 11.3. The summed E-state index contributed by atoms with van der Waals surface area (Å²) in [4.78, 5) is 45.7. The minimum Gasteiger partial charge on any atom is -0.491 e. The monoisotopic (exact) mass is 468 g/mol. The van der Waals surface area contributed by atoms with Crippen LogP contribution >= 0.6 is 0 Å². The van der Waals surface area contributed by atoms with E-state index < -0.39 is 0 Å². The molecule has 0 spiro atoms. The topological polar surface area (TPSA) is 101 Å². The maximum Gasteiger partial charge on any atom is 0.272 e. The van der Waals surface area contributed by atoms with E-state index in [0.29, 0.717) is 35.8 Å². The number of likely N-dealkylation sites (N-methyl/N-ethyl adjacent to an activating group) is 1. The minimum absolute atomic E-state index is 0.0695. The van der Waals surface area contributed by atoms with Gasteiger partial charge >= 0.3 is 0 Å². The summed E-state index contributed by atoms with van der Waals surface area (Å²) in [7, 11) is 3.30. The summed E-state index contributed by atoms with van der Waals surface area (Å²) >= 11 is 0. The molecule has 0 unspecified atom stereocenters. The Labute approximate surface area is 200 Å². The van der Waals surface area contributed by atoms with E-state index in [1.807, 2.05) is 13.8 Å². The Morgan fingerprint density at radius 3 is 2.59 bits per heavy atom. The molecule has 3 rings (SSSR count). The van der Waals surface area contributed by atoms with Crippen molar-refractivity contribution in [2.75, 3.05) is 39.2 Å². The van der Waals surface area contributed by atoms with E-state index in [2.05, 4.69) is 10.3 Å². The van der Waals surface area contributed by atoms with Crippen LogP contribution in [-0.4, -0.2) is 78.5 Å². The second-order valence-corrected chi connectivity index (χ2v) is 8.66. The van der Waals surface area contributed by atoms with Crippen LogP contribution in [0.4, 0.5) is 5.69 Å². The number of aromatic nitrogens is 1. The van der Waals surface area contributed by atoms with Crippen molar-refractivity contribution in [2.24, 2.45) is 5.92 Å². The number of ether oxygens (including phenoxy) is 2. The molecule has 9 nitrogen and oxygen atoms in total. The van der Waals surface area contributed by atoms with Gasteiger partial charge in [-0.25, -0.2) is 0 Å². The Hall–Kier alpha value is -3.46. The molecule has 0 saturated carbocycles. The molecule has 34 heavy (non-hydrogen) atoms. The van der Waals surface area contributed by atoms with Gasteiger partial charge in [0.25, 0.3) is 11.8 Å². The quantitative estimate of drug-likeness (QED) is 0.743. The van der Waals surface area contributed by atoms with Gasteiger partial charge in [0, 0.05) is 52.0 Å². The first kappa shape index (κ1) is 25.2. The molecule has 1 aliphatic heterocycles. The van der Waals surface area contributed by atoms with Gasteiger partial charge in [0.2, 0.25) is 5.91 Å². The van der Waals surface area contributed by atoms with Crippen LogP contribution in [0.1, 0.15) is 41.6 Å². The molecule has 1 aromatic heterocycles. The van der Waals surface area contributed by atoms with Gasteiger partial charge in [-0.05, 0) is 37.3 Å². The average Bonchev–Trinajstić information content (AvgIpc) is 2.83. The van der Waals surface area contributed by atoms with Crippen molar-refractivity contribution < 1.29 is 23.9 Å². The molecule has 0 fully saturated rings. The van der Waals surface area contributed by atoms with E-state index in [-0.39, 0.29) is 42.4 Å². The lowest BCUT2D eigenvalue weighted by Crippen LogP contribution is -2.48. The number of anilines is 1. The summed E-state index contributed by atoms with van der Waals surface area (Å²) in [5, 5.41) is 2.70. The molecule has 182 valence electrons. The summed E-state index contributed by atoms with van der Waals surface area (Å²) in [6, 6.07) is 9.88. The molecule has 0 bridgehead atoms. The van der Waals surface area contributed by atoms with Gasteiger partial charge in [-0.15, -0.1) is 0 Å². The molecule has 1 aliphatic rings. The third-order valence-corrected chi connectivity index (χ3v) is 5.91. The number of amides is 3. The Kier molecular flexibility index (Phi) is 8.22. The van der Waals surface area contributed by atoms with E-state index in [1.165, 1.54) is 6.92 Å². The molecule has 3 amide bonds. The number of rotatable bonds is 3. The maximum absolute atomic E-state index is 13.3. The highest BCUT2D eigenvalue weighted by Crippen LogP contribution is 2.26. The molecular weight excluding hydrogens is 436 g/mol. The van der Waals surface area contributed by atoms with Gasteiger partial charge in [-0.2, -0.15) is 0 Å². The summed E-state index contributed by atoms with van der Waals surface area (Å²) < 4.78 is 11.8. The molecular formula is C25H32N4O5. The third kappa shape index (κ3) is 5.91. The lowest BCUT2D eigenvalue weighted by molar-refractivity contribution is -0.114. The second-order valence-electron chi connectivity index (χ2n) is 8.66. The highest BCUT2D eigenvalue weighted by molar-refractivity contribution is 5.99. The van der Waals surface area contributed by atoms with Crippen LogP contribution in [0.15, 0.2) is 42.6 Å². The van der Waals surface area contributed by atoms with Crippen LogP contribution in [0, 0.1) is 5.92 Å². The molecule has 0 radical (unpaired) electrons. The number of hydrogen-bond donors (Lipinski definition) is 1. The first-order valence-electron chi connectivity index (χ1n) is 11.3. The van der Waals surface area contributed by atoms with E-state index in [1.54, 1.807) is 66.6 Å². The number of methoxy groups -OCH3 is 1. The van der Waals surface area contributed by atoms with E-state index >= 15 is 0 Å². The van der Waals surface area contributed by atoms with Crippen molar-refractivity contribution in [3.05, 3.63) is 53.9 Å². The van der Waals surface area contributed by atoms with Crippen LogP contribution in [0.5, 0.6) is 5.75 Å². The fourth-order valence-electron chi connectivity index (χ4n) is 3.98. The van der Waals surface area contributed by atoms with Crippen LogP contribution in [0.3, 0.4) is 0 Å². The number of nitrogens with one attached hydrogen (secondary N) is 1. The van der Waals surface area contributed by atoms with Gasteiger partial charge < -0.3 is 24.6 Å². The predicted octanol–water partition coefficient (Wildman–Crippen LogP) is 2.69. The first-order chi connectivity index (χ1) is 16.2. The van der Waals surface area contributed by atoms with Crippen molar-refractivity contribution >= 4 is 23.4 Å². The molecule has 1 N–H and O–H groups in total. The van der Waals surface area contributed by atoms with Crippen molar-refractivity contribution in [1.82, 2.24) is 14.8 Å². The Morgan fingerprint density at radius 1 is 1.18 bits per heavy atom. The number of hydrogen-bond acceptors (Lipinski definition) is 6. The van der Waals surface area contributed by atoms with Crippen LogP contribution in [0.25, 0.3) is 0 Å². The van der Waals surface area contributed by atoms with Gasteiger partial charge in [0.05, 0.1) is 17.7 Å². The summed E-state index contributed by atoms with van der Waals surface area (Å²) in [5.41, 5.74) is 1.18. The summed E-state index contributed by atoms with van der Waals surface area (Å²) in [6.45, 7) is 6.21. The van der Waals surface area contributed by atoms with Gasteiger partial charge in [-0.1, -0.05) is 13.0 Å². The molecule has 2 aromatic rings. The fraction of sp³-hybridized carbons (Fsp3) is 0.440. The number of carbonyl (C=O) groups excluding carboxylic acids is 3. The van der Waals surface area contributed by atoms with Gasteiger partial charge in [-0.3, -0.25) is 19.4 Å². The average molecular weight is 469 g/mol. The van der Waals surface area contributed by atoms with Crippen LogP contribution < -0.4 is 10.1 Å². The van der Waals surface area contributed by atoms with E-state index in [4.69, 9.17) is 9.47 Å². The Morgan fingerprint density at radius 2 is 1.94 bits per heavy atom. The van der Waals surface area contributed by atoms with Crippen molar-refractivity contribution in [1.29, 1.82) is 0 Å². The Balaban J connectivity index is 1.99. The standard InChI is InChI=1S/C25H32N4O5/c1-16-13-29(25(32)21-8-6-7-11-26-21)17(2)15-34-22-10-9-19(27-18(3)30)12-20(22)24(31)28(4)14-23(16)33-5/h6-12,16-17,23H,13-15H2,1-5H3,(H,27,30)/t16-,17+,23+/m1/s1. The number of nitrogens with zero attached hydrogens (tertiary/aromatic N) is 3. The minimum atomic E-state index is -0.303. The highest BCUT2D eigenvalue weighted by Gasteiger charge is 2.31. The van der Waals surface area contributed by atoms with Gasteiger partial charge in [0.15, 0.2) is 0 Å². The normalized spacial score (nSPS) is 21.6. The zero-order valence-electron chi connectivity index (χ0n) is 20.3.